The molecule has 7 heteroatoms. The first kappa shape index (κ1) is 18.9. The van der Waals surface area contributed by atoms with Crippen LogP contribution in [0.4, 0.5) is 0 Å². The first-order valence-electron chi connectivity index (χ1n) is 9.18. The van der Waals surface area contributed by atoms with E-state index in [1.165, 1.54) is 16.9 Å². The molecule has 29 heavy (non-hydrogen) atoms. The molecular formula is C22H20N4O2S. The first-order chi connectivity index (χ1) is 14.3. The van der Waals surface area contributed by atoms with Gasteiger partial charge in [0, 0.05) is 36.4 Å². The number of hydrogen-bond donors (Lipinski definition) is 1. The number of amides is 1. The molecule has 0 bridgehead atoms. The Balaban J connectivity index is 1.30. The molecule has 0 aliphatic rings. The minimum absolute atomic E-state index is 0.133. The van der Waals surface area contributed by atoms with Crippen molar-refractivity contribution in [3.05, 3.63) is 101 Å². The van der Waals surface area contributed by atoms with Gasteiger partial charge in [-0.05, 0) is 29.3 Å². The Bertz CT molecular complexity index is 1040. The fourth-order valence-electron chi connectivity index (χ4n) is 2.83. The van der Waals surface area contributed by atoms with Crippen LogP contribution in [0.2, 0.25) is 0 Å². The van der Waals surface area contributed by atoms with E-state index in [1.54, 1.807) is 30.2 Å². The highest BCUT2D eigenvalue weighted by Crippen LogP contribution is 2.16. The van der Waals surface area contributed by atoms with Gasteiger partial charge in [0.15, 0.2) is 0 Å². The monoisotopic (exact) mass is 404 g/mol. The Morgan fingerprint density at radius 2 is 2.00 bits per heavy atom. The van der Waals surface area contributed by atoms with Gasteiger partial charge >= 0.3 is 0 Å². The molecule has 2 aromatic heterocycles. The van der Waals surface area contributed by atoms with Gasteiger partial charge in [0.2, 0.25) is 0 Å². The summed E-state index contributed by atoms with van der Waals surface area (Å²) in [5, 5.41) is 4.90. The second-order valence-corrected chi connectivity index (χ2v) is 7.25. The van der Waals surface area contributed by atoms with Crippen LogP contribution in [-0.4, -0.2) is 20.4 Å². The molecule has 1 amide bonds. The fourth-order valence-corrected chi connectivity index (χ4v) is 3.37. The SMILES string of the molecule is O=C(NCc1ccc(Cn2ccnc2)cc1)c1cccc(OCc2cscn2)c1. The molecule has 2 aromatic carbocycles. The molecule has 0 saturated carbocycles. The van der Waals surface area contributed by atoms with Crippen LogP contribution in [0.5, 0.6) is 5.75 Å². The number of carbonyl (C=O) groups excluding carboxylic acids is 1. The molecule has 0 aliphatic heterocycles. The van der Waals surface area contributed by atoms with Crippen LogP contribution < -0.4 is 10.1 Å². The van der Waals surface area contributed by atoms with Gasteiger partial charge in [-0.15, -0.1) is 11.3 Å². The second kappa shape index (κ2) is 9.16. The zero-order chi connectivity index (χ0) is 19.9. The van der Waals surface area contributed by atoms with Crippen molar-refractivity contribution in [1.29, 1.82) is 0 Å². The zero-order valence-electron chi connectivity index (χ0n) is 15.7. The van der Waals surface area contributed by atoms with Crippen LogP contribution in [0.1, 0.15) is 27.2 Å². The van der Waals surface area contributed by atoms with E-state index in [0.717, 1.165) is 17.8 Å². The molecule has 1 N–H and O–H groups in total. The second-order valence-electron chi connectivity index (χ2n) is 6.53. The van der Waals surface area contributed by atoms with Gasteiger partial charge in [-0.25, -0.2) is 9.97 Å². The van der Waals surface area contributed by atoms with Crippen molar-refractivity contribution in [2.45, 2.75) is 19.7 Å². The third-order valence-corrected chi connectivity index (χ3v) is 5.00. The van der Waals surface area contributed by atoms with Crippen LogP contribution in [0.3, 0.4) is 0 Å². The molecule has 0 saturated heterocycles. The Labute approximate surface area is 172 Å². The number of thiazole rings is 1. The molecule has 0 unspecified atom stereocenters. The molecule has 4 rings (SSSR count). The lowest BCUT2D eigenvalue weighted by atomic mass is 10.1. The molecule has 4 aromatic rings. The highest BCUT2D eigenvalue weighted by Gasteiger charge is 2.07. The van der Waals surface area contributed by atoms with E-state index in [4.69, 9.17) is 4.74 Å². The summed E-state index contributed by atoms with van der Waals surface area (Å²) in [5.74, 6) is 0.515. The molecular weight excluding hydrogens is 384 g/mol. The fraction of sp³-hybridized carbons (Fsp3) is 0.136. The van der Waals surface area contributed by atoms with E-state index in [1.807, 2.05) is 40.4 Å². The number of carbonyl (C=O) groups is 1. The van der Waals surface area contributed by atoms with Gasteiger partial charge in [0.25, 0.3) is 5.91 Å². The lowest BCUT2D eigenvalue weighted by Crippen LogP contribution is -2.22. The van der Waals surface area contributed by atoms with Crippen molar-refractivity contribution in [2.24, 2.45) is 0 Å². The normalized spacial score (nSPS) is 10.6. The number of ether oxygens (including phenoxy) is 1. The number of nitrogens with zero attached hydrogens (tertiary/aromatic N) is 3. The van der Waals surface area contributed by atoms with Crippen molar-refractivity contribution in [2.75, 3.05) is 0 Å². The Morgan fingerprint density at radius 3 is 2.76 bits per heavy atom. The number of rotatable bonds is 8. The highest BCUT2D eigenvalue weighted by molar-refractivity contribution is 7.07. The Morgan fingerprint density at radius 1 is 1.14 bits per heavy atom. The number of aromatic nitrogens is 3. The van der Waals surface area contributed by atoms with Crippen LogP contribution in [0.15, 0.2) is 78.1 Å². The quantitative estimate of drug-likeness (QED) is 0.484. The van der Waals surface area contributed by atoms with Gasteiger partial charge in [-0.3, -0.25) is 4.79 Å². The number of hydrogen-bond acceptors (Lipinski definition) is 5. The predicted molar refractivity (Wildman–Crippen MR) is 112 cm³/mol. The lowest BCUT2D eigenvalue weighted by molar-refractivity contribution is 0.0950. The van der Waals surface area contributed by atoms with Crippen molar-refractivity contribution in [3.8, 4) is 5.75 Å². The summed E-state index contributed by atoms with van der Waals surface area (Å²) in [4.78, 5) is 20.7. The van der Waals surface area contributed by atoms with Crippen molar-refractivity contribution in [1.82, 2.24) is 19.9 Å². The number of nitrogens with one attached hydrogen (secondary N) is 1. The molecule has 0 fully saturated rings. The van der Waals surface area contributed by atoms with Gasteiger partial charge < -0.3 is 14.6 Å². The van der Waals surface area contributed by atoms with E-state index in [-0.39, 0.29) is 5.91 Å². The highest BCUT2D eigenvalue weighted by atomic mass is 32.1. The van der Waals surface area contributed by atoms with E-state index in [9.17, 15) is 4.79 Å². The summed E-state index contributed by atoms with van der Waals surface area (Å²) < 4.78 is 7.73. The Hall–Kier alpha value is -3.45. The van der Waals surface area contributed by atoms with Gasteiger partial charge in [-0.1, -0.05) is 30.3 Å². The van der Waals surface area contributed by atoms with E-state index in [0.29, 0.717) is 24.5 Å². The molecule has 0 spiro atoms. The average molecular weight is 404 g/mol. The van der Waals surface area contributed by atoms with Crippen molar-refractivity contribution >= 4 is 17.2 Å². The molecule has 6 nitrogen and oxygen atoms in total. The third kappa shape index (κ3) is 5.30. The van der Waals surface area contributed by atoms with Crippen LogP contribution in [0.25, 0.3) is 0 Å². The zero-order valence-corrected chi connectivity index (χ0v) is 16.5. The smallest absolute Gasteiger partial charge is 0.251 e. The van der Waals surface area contributed by atoms with Gasteiger partial charge in [0.1, 0.15) is 12.4 Å². The summed E-state index contributed by atoms with van der Waals surface area (Å²) in [6, 6.07) is 15.4. The van der Waals surface area contributed by atoms with E-state index >= 15 is 0 Å². The number of imidazole rings is 1. The molecule has 0 radical (unpaired) electrons. The minimum Gasteiger partial charge on any atom is -0.487 e. The lowest BCUT2D eigenvalue weighted by Gasteiger charge is -2.09. The largest absolute Gasteiger partial charge is 0.487 e. The third-order valence-electron chi connectivity index (χ3n) is 4.37. The summed E-state index contributed by atoms with van der Waals surface area (Å²) in [6.07, 6.45) is 5.49. The summed E-state index contributed by atoms with van der Waals surface area (Å²) >= 11 is 1.53. The standard InChI is InChI=1S/C22H20N4O2S/c27-22(19-2-1-3-21(10-19)28-13-20-14-29-16-25-20)24-11-17-4-6-18(7-5-17)12-26-9-8-23-15-26/h1-10,14-16H,11-13H2,(H,24,27). The summed E-state index contributed by atoms with van der Waals surface area (Å²) in [6.45, 7) is 1.63. The van der Waals surface area contributed by atoms with Crippen LogP contribution >= 0.6 is 11.3 Å². The molecule has 0 atom stereocenters. The van der Waals surface area contributed by atoms with Crippen molar-refractivity contribution in [3.63, 3.8) is 0 Å². The van der Waals surface area contributed by atoms with Crippen LogP contribution in [-0.2, 0) is 19.7 Å². The molecule has 0 aliphatic carbocycles. The maximum absolute atomic E-state index is 12.5. The summed E-state index contributed by atoms with van der Waals surface area (Å²) in [7, 11) is 0. The van der Waals surface area contributed by atoms with Gasteiger partial charge in [-0.2, -0.15) is 0 Å². The van der Waals surface area contributed by atoms with Crippen molar-refractivity contribution < 1.29 is 9.53 Å². The van der Waals surface area contributed by atoms with Gasteiger partial charge in [0.05, 0.1) is 17.5 Å². The van der Waals surface area contributed by atoms with Crippen LogP contribution in [0, 0.1) is 0 Å². The number of benzene rings is 2. The van der Waals surface area contributed by atoms with E-state index in [2.05, 4.69) is 27.4 Å². The van der Waals surface area contributed by atoms with E-state index < -0.39 is 0 Å². The maximum Gasteiger partial charge on any atom is 0.251 e. The minimum atomic E-state index is -0.133. The average Bonchev–Trinajstić information content (AvgIpc) is 3.46. The topological polar surface area (TPSA) is 69.0 Å². The first-order valence-corrected chi connectivity index (χ1v) is 10.1. The summed E-state index contributed by atoms with van der Waals surface area (Å²) in [5.41, 5.74) is 5.44. The predicted octanol–water partition coefficient (Wildman–Crippen LogP) is 3.90. The maximum atomic E-state index is 12.5. The Kier molecular flexibility index (Phi) is 5.97. The molecule has 146 valence electrons. The molecule has 2 heterocycles.